The van der Waals surface area contributed by atoms with Gasteiger partial charge in [-0.05, 0) is 18.9 Å². The monoisotopic (exact) mass is 280 g/mol. The van der Waals surface area contributed by atoms with Crippen LogP contribution in [0.1, 0.15) is 26.2 Å². The minimum absolute atomic E-state index is 0.0310. The summed E-state index contributed by atoms with van der Waals surface area (Å²) in [6, 6.07) is 4.79. The van der Waals surface area contributed by atoms with E-state index in [0.717, 1.165) is 13.0 Å². The van der Waals surface area contributed by atoms with Crippen LogP contribution in [0.25, 0.3) is 0 Å². The van der Waals surface area contributed by atoms with E-state index < -0.39 is 4.92 Å². The molecule has 1 rings (SSSR count). The fourth-order valence-electron chi connectivity index (χ4n) is 1.69. The van der Waals surface area contributed by atoms with Crippen molar-refractivity contribution >= 4 is 23.0 Å². The molecule has 0 heterocycles. The van der Waals surface area contributed by atoms with E-state index >= 15 is 0 Å². The third-order valence-electron chi connectivity index (χ3n) is 2.64. The van der Waals surface area contributed by atoms with E-state index in [0.29, 0.717) is 30.8 Å². The molecule has 0 saturated heterocycles. The number of nitrogens with zero attached hydrogens (tertiary/aromatic N) is 1. The molecule has 0 fully saturated rings. The molecule has 0 bridgehead atoms. The molecule has 1 aromatic rings. The van der Waals surface area contributed by atoms with Crippen LogP contribution in [0, 0.1) is 10.1 Å². The number of primary amides is 1. The van der Waals surface area contributed by atoms with Crippen LogP contribution in [0.5, 0.6) is 0 Å². The van der Waals surface area contributed by atoms with Crippen LogP contribution in [0.4, 0.5) is 17.1 Å². The molecule has 0 spiro atoms. The molecule has 7 nitrogen and oxygen atoms in total. The van der Waals surface area contributed by atoms with Gasteiger partial charge in [-0.15, -0.1) is 0 Å². The molecule has 0 radical (unpaired) electrons. The summed E-state index contributed by atoms with van der Waals surface area (Å²) < 4.78 is 0. The first-order valence-corrected chi connectivity index (χ1v) is 6.58. The van der Waals surface area contributed by atoms with E-state index in [9.17, 15) is 14.9 Å². The normalized spacial score (nSPS) is 10.1. The molecule has 0 saturated carbocycles. The number of nitrogens with one attached hydrogen (secondary N) is 2. The lowest BCUT2D eigenvalue weighted by atomic mass is 10.2. The highest BCUT2D eigenvalue weighted by Crippen LogP contribution is 2.24. The Balaban J connectivity index is 2.70. The summed E-state index contributed by atoms with van der Waals surface area (Å²) >= 11 is 0. The van der Waals surface area contributed by atoms with Crippen LogP contribution in [-0.4, -0.2) is 23.9 Å². The summed E-state index contributed by atoms with van der Waals surface area (Å²) in [7, 11) is 0. The van der Waals surface area contributed by atoms with Gasteiger partial charge in [-0.2, -0.15) is 0 Å². The Kier molecular flexibility index (Phi) is 6.28. The van der Waals surface area contributed by atoms with Crippen LogP contribution >= 0.6 is 0 Å². The van der Waals surface area contributed by atoms with Gasteiger partial charge >= 0.3 is 0 Å². The van der Waals surface area contributed by atoms with Crippen LogP contribution in [0.2, 0.25) is 0 Å². The standard InChI is InChI=1S/C13H20N4O3/c1-2-5-15-10-7-11(9-12(8-10)17(19)20)16-6-3-4-13(14)18/h7-9,15-16H,2-6H2,1H3,(H2,14,18). The molecule has 7 heteroatoms. The van der Waals surface area contributed by atoms with Crippen LogP contribution < -0.4 is 16.4 Å². The molecule has 0 atom stereocenters. The van der Waals surface area contributed by atoms with Gasteiger partial charge in [-0.3, -0.25) is 14.9 Å². The molecule has 4 N–H and O–H groups in total. The quantitative estimate of drug-likeness (QED) is 0.364. The van der Waals surface area contributed by atoms with Crippen LogP contribution in [0.15, 0.2) is 18.2 Å². The Hall–Kier alpha value is -2.31. The van der Waals surface area contributed by atoms with Gasteiger partial charge in [0.1, 0.15) is 0 Å². The number of nitro benzene ring substituents is 1. The van der Waals surface area contributed by atoms with Crippen molar-refractivity contribution in [1.29, 1.82) is 0 Å². The molecule has 110 valence electrons. The summed E-state index contributed by atoms with van der Waals surface area (Å²) in [5, 5.41) is 17.1. The fraction of sp³-hybridized carbons (Fsp3) is 0.462. The highest BCUT2D eigenvalue weighted by molar-refractivity contribution is 5.73. The van der Waals surface area contributed by atoms with Crippen LogP contribution in [0.3, 0.4) is 0 Å². The third-order valence-corrected chi connectivity index (χ3v) is 2.64. The highest BCUT2D eigenvalue weighted by Gasteiger charge is 2.09. The number of non-ortho nitro benzene ring substituents is 1. The van der Waals surface area contributed by atoms with Crippen molar-refractivity contribution in [2.75, 3.05) is 23.7 Å². The predicted octanol–water partition coefficient (Wildman–Crippen LogP) is 2.09. The number of hydrogen-bond acceptors (Lipinski definition) is 5. The van der Waals surface area contributed by atoms with Crippen molar-refractivity contribution in [3.63, 3.8) is 0 Å². The van der Waals surface area contributed by atoms with E-state index in [1.807, 2.05) is 13.0 Å². The minimum atomic E-state index is -0.425. The second kappa shape index (κ2) is 7.98. The van der Waals surface area contributed by atoms with Gasteiger partial charge in [0.15, 0.2) is 0 Å². The number of rotatable bonds is 9. The molecule has 0 aliphatic carbocycles. The zero-order chi connectivity index (χ0) is 15.0. The van der Waals surface area contributed by atoms with Gasteiger partial charge in [-0.1, -0.05) is 6.92 Å². The van der Waals surface area contributed by atoms with Crippen molar-refractivity contribution in [3.8, 4) is 0 Å². The average Bonchev–Trinajstić information content (AvgIpc) is 2.41. The first-order valence-electron chi connectivity index (χ1n) is 6.58. The SMILES string of the molecule is CCCNc1cc(NCCCC(N)=O)cc([N+](=O)[O-])c1. The number of amides is 1. The Labute approximate surface area is 117 Å². The second-order valence-electron chi connectivity index (χ2n) is 4.45. The summed E-state index contributed by atoms with van der Waals surface area (Å²) in [6.07, 6.45) is 1.82. The second-order valence-corrected chi connectivity index (χ2v) is 4.45. The van der Waals surface area contributed by atoms with Crippen molar-refractivity contribution in [2.45, 2.75) is 26.2 Å². The van der Waals surface area contributed by atoms with Gasteiger partial charge in [-0.25, -0.2) is 0 Å². The van der Waals surface area contributed by atoms with Gasteiger partial charge in [0.05, 0.1) is 4.92 Å². The molecule has 1 amide bonds. The topological polar surface area (TPSA) is 110 Å². The van der Waals surface area contributed by atoms with E-state index in [2.05, 4.69) is 10.6 Å². The van der Waals surface area contributed by atoms with Gasteiger partial charge < -0.3 is 16.4 Å². The third kappa shape index (κ3) is 5.55. The zero-order valence-electron chi connectivity index (χ0n) is 11.5. The number of carbonyl (C=O) groups is 1. The maximum Gasteiger partial charge on any atom is 0.273 e. The first kappa shape index (κ1) is 15.7. The fourth-order valence-corrected chi connectivity index (χ4v) is 1.69. The highest BCUT2D eigenvalue weighted by atomic mass is 16.6. The van der Waals surface area contributed by atoms with Gasteiger partial charge in [0.25, 0.3) is 5.69 Å². The Morgan fingerprint density at radius 1 is 1.25 bits per heavy atom. The van der Waals surface area contributed by atoms with Crippen molar-refractivity contribution in [3.05, 3.63) is 28.3 Å². The molecule has 0 aliphatic rings. The molecular formula is C13H20N4O3. The van der Waals surface area contributed by atoms with E-state index in [1.165, 1.54) is 12.1 Å². The smallest absolute Gasteiger partial charge is 0.273 e. The van der Waals surface area contributed by atoms with E-state index in [4.69, 9.17) is 5.73 Å². The maximum atomic E-state index is 10.9. The lowest BCUT2D eigenvalue weighted by molar-refractivity contribution is -0.384. The summed E-state index contributed by atoms with van der Waals surface area (Å²) in [5.41, 5.74) is 6.44. The van der Waals surface area contributed by atoms with E-state index in [1.54, 1.807) is 0 Å². The lowest BCUT2D eigenvalue weighted by Crippen LogP contribution is -2.12. The molecule has 0 unspecified atom stereocenters. The summed E-state index contributed by atoms with van der Waals surface area (Å²) in [4.78, 5) is 21.1. The average molecular weight is 280 g/mol. The number of hydrogen-bond donors (Lipinski definition) is 3. The maximum absolute atomic E-state index is 10.9. The van der Waals surface area contributed by atoms with Crippen LogP contribution in [-0.2, 0) is 4.79 Å². The van der Waals surface area contributed by atoms with Crippen molar-refractivity contribution in [1.82, 2.24) is 0 Å². The van der Waals surface area contributed by atoms with Gasteiger partial charge in [0, 0.05) is 43.0 Å². The van der Waals surface area contributed by atoms with Gasteiger partial charge in [0.2, 0.25) is 5.91 Å². The first-order chi connectivity index (χ1) is 9.52. The largest absolute Gasteiger partial charge is 0.385 e. The lowest BCUT2D eigenvalue weighted by Gasteiger charge is -2.09. The molecule has 20 heavy (non-hydrogen) atoms. The number of benzene rings is 1. The number of carbonyl (C=O) groups excluding carboxylic acids is 1. The number of anilines is 2. The Morgan fingerprint density at radius 2 is 1.85 bits per heavy atom. The number of nitrogens with two attached hydrogens (primary N) is 1. The summed E-state index contributed by atoms with van der Waals surface area (Å²) in [6.45, 7) is 3.31. The Morgan fingerprint density at radius 3 is 2.35 bits per heavy atom. The Bertz CT molecular complexity index is 477. The van der Waals surface area contributed by atoms with Crippen molar-refractivity contribution < 1.29 is 9.72 Å². The van der Waals surface area contributed by atoms with E-state index in [-0.39, 0.29) is 11.6 Å². The molecular weight excluding hydrogens is 260 g/mol. The minimum Gasteiger partial charge on any atom is -0.385 e. The predicted molar refractivity (Wildman–Crippen MR) is 78.8 cm³/mol. The van der Waals surface area contributed by atoms with Crippen molar-refractivity contribution in [2.24, 2.45) is 5.73 Å². The number of nitro groups is 1. The zero-order valence-corrected chi connectivity index (χ0v) is 11.5. The molecule has 1 aromatic carbocycles. The molecule has 0 aromatic heterocycles. The summed E-state index contributed by atoms with van der Waals surface area (Å²) in [5.74, 6) is -0.351. The molecule has 0 aliphatic heterocycles.